The van der Waals surface area contributed by atoms with Crippen molar-refractivity contribution in [1.82, 2.24) is 5.32 Å². The van der Waals surface area contributed by atoms with E-state index in [1.807, 2.05) is 6.07 Å². The van der Waals surface area contributed by atoms with Crippen LogP contribution in [0.3, 0.4) is 0 Å². The first kappa shape index (κ1) is 14.9. The SMILES string of the molecule is CCC(C)C(C)NCc1ccccc1OC(F)F. The van der Waals surface area contributed by atoms with Gasteiger partial charge < -0.3 is 10.1 Å². The maximum absolute atomic E-state index is 12.2. The Morgan fingerprint density at radius 1 is 1.22 bits per heavy atom. The molecule has 0 bridgehead atoms. The fourth-order valence-corrected chi connectivity index (χ4v) is 1.69. The van der Waals surface area contributed by atoms with E-state index in [1.54, 1.807) is 18.2 Å². The van der Waals surface area contributed by atoms with Crippen LogP contribution in [0.1, 0.15) is 32.8 Å². The number of ether oxygens (including phenoxy) is 1. The molecule has 0 spiro atoms. The van der Waals surface area contributed by atoms with Gasteiger partial charge in [0.1, 0.15) is 5.75 Å². The van der Waals surface area contributed by atoms with E-state index < -0.39 is 6.61 Å². The third-order valence-electron chi connectivity index (χ3n) is 3.30. The van der Waals surface area contributed by atoms with Crippen LogP contribution in [0.2, 0.25) is 0 Å². The van der Waals surface area contributed by atoms with Crippen LogP contribution >= 0.6 is 0 Å². The third kappa shape index (κ3) is 4.61. The number of nitrogens with one attached hydrogen (secondary N) is 1. The number of rotatable bonds is 7. The molecule has 1 aromatic carbocycles. The fourth-order valence-electron chi connectivity index (χ4n) is 1.69. The molecule has 0 aliphatic rings. The van der Waals surface area contributed by atoms with E-state index >= 15 is 0 Å². The molecule has 0 radical (unpaired) electrons. The fraction of sp³-hybridized carbons (Fsp3) is 0.571. The van der Waals surface area contributed by atoms with Gasteiger partial charge in [-0.15, -0.1) is 0 Å². The van der Waals surface area contributed by atoms with Gasteiger partial charge in [-0.25, -0.2) is 0 Å². The molecule has 2 atom stereocenters. The molecule has 0 amide bonds. The summed E-state index contributed by atoms with van der Waals surface area (Å²) < 4.78 is 29.0. The highest BCUT2D eigenvalue weighted by Gasteiger charge is 2.12. The zero-order chi connectivity index (χ0) is 13.5. The van der Waals surface area contributed by atoms with Crippen LogP contribution in [0.4, 0.5) is 8.78 Å². The Labute approximate surface area is 107 Å². The van der Waals surface area contributed by atoms with Crippen molar-refractivity contribution in [2.24, 2.45) is 5.92 Å². The maximum Gasteiger partial charge on any atom is 0.387 e. The summed E-state index contributed by atoms with van der Waals surface area (Å²) in [7, 11) is 0. The molecule has 1 N–H and O–H groups in total. The quantitative estimate of drug-likeness (QED) is 0.802. The van der Waals surface area contributed by atoms with Crippen molar-refractivity contribution in [3.63, 3.8) is 0 Å². The third-order valence-corrected chi connectivity index (χ3v) is 3.30. The van der Waals surface area contributed by atoms with Crippen LogP contribution in [0.25, 0.3) is 0 Å². The summed E-state index contributed by atoms with van der Waals surface area (Å²) in [5.74, 6) is 0.796. The number of hydrogen-bond donors (Lipinski definition) is 1. The van der Waals surface area contributed by atoms with E-state index in [-0.39, 0.29) is 5.75 Å². The predicted octanol–water partition coefficient (Wildman–Crippen LogP) is 3.81. The van der Waals surface area contributed by atoms with E-state index in [0.29, 0.717) is 18.5 Å². The molecular weight excluding hydrogens is 236 g/mol. The number of hydrogen-bond acceptors (Lipinski definition) is 2. The second-order valence-electron chi connectivity index (χ2n) is 4.54. The highest BCUT2D eigenvalue weighted by Crippen LogP contribution is 2.20. The lowest BCUT2D eigenvalue weighted by Gasteiger charge is -2.20. The zero-order valence-corrected chi connectivity index (χ0v) is 11.1. The molecule has 18 heavy (non-hydrogen) atoms. The van der Waals surface area contributed by atoms with Crippen molar-refractivity contribution in [3.8, 4) is 5.75 Å². The molecule has 0 saturated heterocycles. The summed E-state index contributed by atoms with van der Waals surface area (Å²) in [6.07, 6.45) is 1.09. The number of para-hydroxylation sites is 1. The summed E-state index contributed by atoms with van der Waals surface area (Å²) in [5.41, 5.74) is 0.757. The van der Waals surface area contributed by atoms with Crippen molar-refractivity contribution in [2.45, 2.75) is 46.4 Å². The smallest absolute Gasteiger partial charge is 0.387 e. The van der Waals surface area contributed by atoms with Gasteiger partial charge in [0.05, 0.1) is 0 Å². The normalized spacial score (nSPS) is 14.6. The first-order valence-corrected chi connectivity index (χ1v) is 6.30. The van der Waals surface area contributed by atoms with Crippen LogP contribution in [0.5, 0.6) is 5.75 Å². The number of benzene rings is 1. The van der Waals surface area contributed by atoms with Crippen LogP contribution < -0.4 is 10.1 Å². The van der Waals surface area contributed by atoms with Crippen LogP contribution in [0, 0.1) is 5.92 Å². The average Bonchev–Trinajstić information content (AvgIpc) is 2.35. The number of halogens is 2. The summed E-state index contributed by atoms with van der Waals surface area (Å²) in [6, 6.07) is 7.22. The largest absolute Gasteiger partial charge is 0.434 e. The lowest BCUT2D eigenvalue weighted by atomic mass is 10.0. The Hall–Kier alpha value is -1.16. The molecule has 0 fully saturated rings. The highest BCUT2D eigenvalue weighted by atomic mass is 19.3. The van der Waals surface area contributed by atoms with Gasteiger partial charge in [-0.1, -0.05) is 38.5 Å². The van der Waals surface area contributed by atoms with Gasteiger partial charge in [0.15, 0.2) is 0 Å². The molecule has 102 valence electrons. The molecule has 1 aromatic rings. The molecule has 2 unspecified atom stereocenters. The molecule has 2 nitrogen and oxygen atoms in total. The Balaban J connectivity index is 2.61. The molecule has 0 aliphatic carbocycles. The lowest BCUT2D eigenvalue weighted by molar-refractivity contribution is -0.0505. The molecular formula is C14H21F2NO. The van der Waals surface area contributed by atoms with Crippen LogP contribution in [-0.4, -0.2) is 12.7 Å². The van der Waals surface area contributed by atoms with Gasteiger partial charge in [-0.2, -0.15) is 8.78 Å². The summed E-state index contributed by atoms with van der Waals surface area (Å²) in [5, 5.41) is 3.34. The molecule has 0 aliphatic heterocycles. The standard InChI is InChI=1S/C14H21F2NO/c1-4-10(2)11(3)17-9-12-7-5-6-8-13(12)18-14(15)16/h5-8,10-11,14,17H,4,9H2,1-3H3. The monoisotopic (exact) mass is 257 g/mol. The van der Waals surface area contributed by atoms with Crippen molar-refractivity contribution >= 4 is 0 Å². The van der Waals surface area contributed by atoms with Gasteiger partial charge >= 0.3 is 6.61 Å². The topological polar surface area (TPSA) is 21.3 Å². The first-order valence-electron chi connectivity index (χ1n) is 6.30. The van der Waals surface area contributed by atoms with Crippen LogP contribution in [-0.2, 0) is 6.54 Å². The lowest BCUT2D eigenvalue weighted by Crippen LogP contribution is -2.31. The Bertz CT molecular complexity index is 357. The van der Waals surface area contributed by atoms with E-state index in [9.17, 15) is 8.78 Å². The predicted molar refractivity (Wildman–Crippen MR) is 68.8 cm³/mol. The Morgan fingerprint density at radius 2 is 1.89 bits per heavy atom. The molecule has 0 saturated carbocycles. The van der Waals surface area contributed by atoms with Crippen LogP contribution in [0.15, 0.2) is 24.3 Å². The van der Waals surface area contributed by atoms with Gasteiger partial charge in [0, 0.05) is 18.2 Å². The second-order valence-corrected chi connectivity index (χ2v) is 4.54. The zero-order valence-electron chi connectivity index (χ0n) is 11.1. The van der Waals surface area contributed by atoms with Crippen molar-refractivity contribution < 1.29 is 13.5 Å². The van der Waals surface area contributed by atoms with Gasteiger partial charge in [-0.05, 0) is 18.9 Å². The minimum atomic E-state index is -2.78. The van der Waals surface area contributed by atoms with Gasteiger partial charge in [0.25, 0.3) is 0 Å². The Kier molecular flexibility index (Phi) is 6.05. The highest BCUT2D eigenvalue weighted by molar-refractivity contribution is 5.33. The second kappa shape index (κ2) is 7.31. The molecule has 0 aromatic heterocycles. The Morgan fingerprint density at radius 3 is 2.50 bits per heavy atom. The van der Waals surface area contributed by atoms with Crippen molar-refractivity contribution in [1.29, 1.82) is 0 Å². The van der Waals surface area contributed by atoms with E-state index in [1.165, 1.54) is 0 Å². The van der Waals surface area contributed by atoms with E-state index in [0.717, 1.165) is 12.0 Å². The van der Waals surface area contributed by atoms with Gasteiger partial charge in [-0.3, -0.25) is 0 Å². The van der Waals surface area contributed by atoms with Crippen molar-refractivity contribution in [3.05, 3.63) is 29.8 Å². The summed E-state index contributed by atoms with van der Waals surface area (Å²) in [6.45, 7) is 4.16. The van der Waals surface area contributed by atoms with Crippen molar-refractivity contribution in [2.75, 3.05) is 0 Å². The minimum Gasteiger partial charge on any atom is -0.434 e. The maximum atomic E-state index is 12.2. The summed E-state index contributed by atoms with van der Waals surface area (Å²) in [4.78, 5) is 0. The summed E-state index contributed by atoms with van der Waals surface area (Å²) >= 11 is 0. The number of alkyl halides is 2. The minimum absolute atomic E-state index is 0.247. The molecule has 4 heteroatoms. The average molecular weight is 257 g/mol. The molecule has 0 heterocycles. The van der Waals surface area contributed by atoms with E-state index in [2.05, 4.69) is 30.8 Å². The van der Waals surface area contributed by atoms with Gasteiger partial charge in [0.2, 0.25) is 0 Å². The molecule has 1 rings (SSSR count). The first-order chi connectivity index (χ1) is 8.54. The van der Waals surface area contributed by atoms with E-state index in [4.69, 9.17) is 0 Å².